The second kappa shape index (κ2) is 7.09. The molecule has 2 N–H and O–H groups in total. The highest BCUT2D eigenvalue weighted by Gasteiger charge is 2.15. The summed E-state index contributed by atoms with van der Waals surface area (Å²) in [7, 11) is -1.89. The molecule has 0 saturated heterocycles. The van der Waals surface area contributed by atoms with E-state index in [2.05, 4.69) is 0 Å². The minimum absolute atomic E-state index is 0.0499. The molecule has 0 aliphatic carbocycles. The topological polar surface area (TPSA) is 87.2 Å². The summed E-state index contributed by atoms with van der Waals surface area (Å²) in [5.41, 5.74) is 1.72. The molecule has 2 rings (SSSR count). The Labute approximate surface area is 141 Å². The van der Waals surface area contributed by atoms with Gasteiger partial charge in [-0.3, -0.25) is 4.90 Å². The minimum Gasteiger partial charge on any atom is -0.295 e. The molecule has 2 aromatic carbocycles. The van der Waals surface area contributed by atoms with Gasteiger partial charge in [-0.05, 0) is 49.9 Å². The predicted octanol–water partition coefficient (Wildman–Crippen LogP) is 2.54. The molecule has 0 spiro atoms. The highest BCUT2D eigenvalue weighted by atomic mass is 32.2. The third kappa shape index (κ3) is 4.17. The molecule has 0 aliphatic heterocycles. The highest BCUT2D eigenvalue weighted by molar-refractivity contribution is 7.89. The van der Waals surface area contributed by atoms with Gasteiger partial charge in [0.1, 0.15) is 5.82 Å². The maximum absolute atomic E-state index is 13.9. The lowest BCUT2D eigenvalue weighted by Crippen LogP contribution is -2.22. The van der Waals surface area contributed by atoms with Crippen LogP contribution in [0.15, 0.2) is 47.4 Å². The third-order valence-corrected chi connectivity index (χ3v) is 4.88. The average Bonchev–Trinajstić information content (AvgIpc) is 2.55. The van der Waals surface area contributed by atoms with Crippen LogP contribution < -0.4 is 5.14 Å². The van der Waals surface area contributed by atoms with Crippen molar-refractivity contribution in [3.05, 3.63) is 65.0 Å². The second-order valence-electron chi connectivity index (χ2n) is 5.62. The molecule has 2 aromatic rings. The van der Waals surface area contributed by atoms with Gasteiger partial charge in [0.25, 0.3) is 0 Å². The van der Waals surface area contributed by atoms with E-state index in [0.717, 1.165) is 5.56 Å². The molecule has 5 nitrogen and oxygen atoms in total. The van der Waals surface area contributed by atoms with Gasteiger partial charge in [0.05, 0.1) is 16.5 Å². The van der Waals surface area contributed by atoms with E-state index in [-0.39, 0.29) is 16.8 Å². The van der Waals surface area contributed by atoms with Crippen LogP contribution in [-0.2, 0) is 16.6 Å². The van der Waals surface area contributed by atoms with Gasteiger partial charge in [-0.15, -0.1) is 0 Å². The summed E-state index contributed by atoms with van der Waals surface area (Å²) in [4.78, 5) is 1.96. The van der Waals surface area contributed by atoms with Gasteiger partial charge in [0, 0.05) is 18.2 Å². The van der Waals surface area contributed by atoms with E-state index in [1.54, 1.807) is 12.1 Å². The number of hydrogen-bond donors (Lipinski definition) is 1. The maximum atomic E-state index is 13.9. The Bertz CT molecular complexity index is 874. The van der Waals surface area contributed by atoms with Crippen LogP contribution in [0.1, 0.15) is 29.7 Å². The van der Waals surface area contributed by atoms with E-state index in [4.69, 9.17) is 10.4 Å². The van der Waals surface area contributed by atoms with Crippen LogP contribution in [-0.4, -0.2) is 20.4 Å². The fraction of sp³-hybridized carbons (Fsp3) is 0.235. The van der Waals surface area contributed by atoms with Crippen LogP contribution in [0, 0.1) is 17.1 Å². The molecule has 0 aromatic heterocycles. The molecule has 126 valence electrons. The van der Waals surface area contributed by atoms with Crippen molar-refractivity contribution in [1.82, 2.24) is 4.90 Å². The lowest BCUT2D eigenvalue weighted by atomic mass is 10.1. The Morgan fingerprint density at radius 2 is 1.88 bits per heavy atom. The van der Waals surface area contributed by atoms with E-state index >= 15 is 0 Å². The molecule has 1 atom stereocenters. The first-order valence-electron chi connectivity index (χ1n) is 7.24. The Kier molecular flexibility index (Phi) is 5.34. The summed E-state index contributed by atoms with van der Waals surface area (Å²) in [6, 6.07) is 12.4. The van der Waals surface area contributed by atoms with Gasteiger partial charge in [-0.1, -0.05) is 12.1 Å². The van der Waals surface area contributed by atoms with E-state index < -0.39 is 10.0 Å². The van der Waals surface area contributed by atoms with E-state index in [1.807, 2.05) is 24.9 Å². The molecular weight excluding hydrogens is 329 g/mol. The van der Waals surface area contributed by atoms with Gasteiger partial charge in [-0.25, -0.2) is 17.9 Å². The summed E-state index contributed by atoms with van der Waals surface area (Å²) < 4.78 is 36.5. The number of hydrogen-bond acceptors (Lipinski definition) is 4. The number of benzene rings is 2. The van der Waals surface area contributed by atoms with Crippen LogP contribution in [0.4, 0.5) is 4.39 Å². The van der Waals surface area contributed by atoms with Crippen LogP contribution in [0.25, 0.3) is 0 Å². The van der Waals surface area contributed by atoms with Crippen molar-refractivity contribution in [2.45, 2.75) is 24.4 Å². The molecule has 1 unspecified atom stereocenters. The Hall–Kier alpha value is -2.27. The summed E-state index contributed by atoms with van der Waals surface area (Å²) in [5, 5.41) is 14.0. The summed E-state index contributed by atoms with van der Waals surface area (Å²) in [6.07, 6.45) is 0. The van der Waals surface area contributed by atoms with Crippen molar-refractivity contribution < 1.29 is 12.8 Å². The minimum atomic E-state index is -3.72. The van der Waals surface area contributed by atoms with Crippen molar-refractivity contribution in [3.63, 3.8) is 0 Å². The largest absolute Gasteiger partial charge is 0.295 e. The number of primary sulfonamides is 1. The van der Waals surface area contributed by atoms with E-state index in [1.165, 1.54) is 30.3 Å². The van der Waals surface area contributed by atoms with Crippen LogP contribution >= 0.6 is 0 Å². The van der Waals surface area contributed by atoms with Crippen molar-refractivity contribution >= 4 is 10.0 Å². The van der Waals surface area contributed by atoms with Crippen molar-refractivity contribution in [3.8, 4) is 6.07 Å². The number of halogens is 1. The number of nitriles is 1. The number of sulfonamides is 1. The molecule has 0 aliphatic rings. The molecule has 24 heavy (non-hydrogen) atoms. The van der Waals surface area contributed by atoms with E-state index in [9.17, 15) is 12.8 Å². The summed E-state index contributed by atoms with van der Waals surface area (Å²) in [5.74, 6) is -0.363. The zero-order valence-electron chi connectivity index (χ0n) is 13.4. The van der Waals surface area contributed by atoms with E-state index in [0.29, 0.717) is 17.7 Å². The first-order chi connectivity index (χ1) is 11.2. The highest BCUT2D eigenvalue weighted by Crippen LogP contribution is 2.23. The molecule has 0 saturated carbocycles. The number of nitrogens with two attached hydrogens (primary N) is 1. The maximum Gasteiger partial charge on any atom is 0.238 e. The normalized spacial score (nSPS) is 12.8. The Morgan fingerprint density at radius 3 is 2.42 bits per heavy atom. The van der Waals surface area contributed by atoms with Gasteiger partial charge in [0.2, 0.25) is 10.0 Å². The molecule has 0 amide bonds. The predicted molar refractivity (Wildman–Crippen MR) is 88.8 cm³/mol. The lowest BCUT2D eigenvalue weighted by molar-refractivity contribution is 0.249. The van der Waals surface area contributed by atoms with Gasteiger partial charge >= 0.3 is 0 Å². The summed E-state index contributed by atoms with van der Waals surface area (Å²) >= 11 is 0. The lowest BCUT2D eigenvalue weighted by Gasteiger charge is -2.25. The fourth-order valence-electron chi connectivity index (χ4n) is 2.36. The second-order valence-corrected chi connectivity index (χ2v) is 7.18. The van der Waals surface area contributed by atoms with Gasteiger partial charge < -0.3 is 0 Å². The fourth-order valence-corrected chi connectivity index (χ4v) is 2.88. The monoisotopic (exact) mass is 347 g/mol. The first-order valence-corrected chi connectivity index (χ1v) is 8.78. The number of rotatable bonds is 5. The van der Waals surface area contributed by atoms with Gasteiger partial charge in [0.15, 0.2) is 0 Å². The van der Waals surface area contributed by atoms with Crippen LogP contribution in [0.5, 0.6) is 0 Å². The standard InChI is InChI=1S/C17H18FN3O2S/c1-12(14-4-6-16(7-5-14)24(20,22)23)21(2)11-15-9-13(10-19)3-8-17(15)18/h3-9,12H,11H2,1-2H3,(H2,20,22,23). The SMILES string of the molecule is CC(c1ccc(S(N)(=O)=O)cc1)N(C)Cc1cc(C#N)ccc1F. The zero-order valence-corrected chi connectivity index (χ0v) is 14.2. The average molecular weight is 347 g/mol. The number of nitrogens with zero attached hydrogens (tertiary/aromatic N) is 2. The molecule has 0 radical (unpaired) electrons. The van der Waals surface area contributed by atoms with Gasteiger partial charge in [-0.2, -0.15) is 5.26 Å². The van der Waals surface area contributed by atoms with Crippen LogP contribution in [0.3, 0.4) is 0 Å². The summed E-state index contributed by atoms with van der Waals surface area (Å²) in [6.45, 7) is 2.25. The molecule has 0 bridgehead atoms. The Balaban J connectivity index is 2.18. The molecule has 0 heterocycles. The third-order valence-electron chi connectivity index (χ3n) is 3.95. The van der Waals surface area contributed by atoms with Crippen LogP contribution in [0.2, 0.25) is 0 Å². The van der Waals surface area contributed by atoms with Crippen molar-refractivity contribution in [1.29, 1.82) is 5.26 Å². The first kappa shape index (κ1) is 18.1. The van der Waals surface area contributed by atoms with Crippen molar-refractivity contribution in [2.75, 3.05) is 7.05 Å². The smallest absolute Gasteiger partial charge is 0.238 e. The molecule has 0 fully saturated rings. The molecular formula is C17H18FN3O2S. The van der Waals surface area contributed by atoms with Crippen molar-refractivity contribution in [2.24, 2.45) is 5.14 Å². The zero-order chi connectivity index (χ0) is 17.9. The quantitative estimate of drug-likeness (QED) is 0.900. The molecule has 7 heteroatoms. The Morgan fingerprint density at radius 1 is 1.25 bits per heavy atom.